The van der Waals surface area contributed by atoms with Gasteiger partial charge in [-0.25, -0.2) is 19.3 Å². The quantitative estimate of drug-likeness (QED) is 0.0358. The van der Waals surface area contributed by atoms with Crippen LogP contribution in [0.2, 0.25) is 0 Å². The number of likely N-dealkylation sites (tertiary alicyclic amines) is 1. The first-order chi connectivity index (χ1) is 36.4. The summed E-state index contributed by atoms with van der Waals surface area (Å²) in [4.78, 5) is 74.1. The van der Waals surface area contributed by atoms with Crippen LogP contribution in [0.4, 0.5) is 17.3 Å². The molecular formula is C55H71N13O8. The van der Waals surface area contributed by atoms with E-state index in [4.69, 9.17) is 9.72 Å². The van der Waals surface area contributed by atoms with Gasteiger partial charge in [-0.1, -0.05) is 57.9 Å². The number of carbonyl (C=O) groups is 3. The topological polar surface area (TPSA) is 261 Å². The lowest BCUT2D eigenvalue weighted by molar-refractivity contribution is -0.144. The number of rotatable bonds is 22. The first-order valence-electron chi connectivity index (χ1n) is 26.0. The molecule has 21 heteroatoms. The van der Waals surface area contributed by atoms with Gasteiger partial charge in [0.25, 0.3) is 5.56 Å². The van der Waals surface area contributed by atoms with Crippen molar-refractivity contribution in [3.05, 3.63) is 113 Å². The van der Waals surface area contributed by atoms with Crippen LogP contribution in [-0.2, 0) is 37.8 Å². The Hall–Kier alpha value is -7.46. The second-order valence-electron chi connectivity index (χ2n) is 21.1. The Balaban J connectivity index is 0.729. The van der Waals surface area contributed by atoms with Crippen LogP contribution < -0.4 is 26.4 Å². The van der Waals surface area contributed by atoms with Crippen molar-refractivity contribution in [3.8, 4) is 22.8 Å². The van der Waals surface area contributed by atoms with E-state index in [1.165, 1.54) is 15.8 Å². The minimum absolute atomic E-state index is 0.00761. The first kappa shape index (κ1) is 54.8. The zero-order valence-corrected chi connectivity index (χ0v) is 44.0. The zero-order chi connectivity index (χ0) is 54.1. The highest BCUT2D eigenvalue weighted by Crippen LogP contribution is 2.29. The molecular weight excluding hydrogens is 971 g/mol. The maximum absolute atomic E-state index is 14.0. The lowest BCUT2D eigenvalue weighted by Gasteiger charge is -2.36. The number of unbranched alkanes of at least 4 members (excludes halogenated alkanes) is 3. The highest BCUT2D eigenvalue weighted by atomic mass is 16.5. The molecule has 0 unspecified atom stereocenters. The lowest BCUT2D eigenvalue weighted by atomic mass is 9.85. The average molecular weight is 1040 g/mol. The third-order valence-electron chi connectivity index (χ3n) is 13.8. The van der Waals surface area contributed by atoms with E-state index in [1.54, 1.807) is 73.3 Å². The first-order valence-corrected chi connectivity index (χ1v) is 26.0. The van der Waals surface area contributed by atoms with Crippen molar-refractivity contribution in [3.63, 3.8) is 0 Å². The van der Waals surface area contributed by atoms with Crippen LogP contribution in [0.1, 0.15) is 78.0 Å². The molecule has 2 saturated heterocycles. The molecule has 4 aromatic heterocycles. The summed E-state index contributed by atoms with van der Waals surface area (Å²) in [6.45, 7) is 17.7. The Morgan fingerprint density at radius 2 is 1.72 bits per heavy atom. The van der Waals surface area contributed by atoms with Gasteiger partial charge in [0.1, 0.15) is 35.4 Å². The van der Waals surface area contributed by atoms with Crippen LogP contribution in [0, 0.1) is 5.41 Å². The number of H-pyrrole nitrogens is 1. The fourth-order valence-electron chi connectivity index (χ4n) is 9.58. The highest BCUT2D eigenvalue weighted by molar-refractivity contribution is 5.93. The smallest absolute Gasteiger partial charge is 0.278 e. The molecule has 0 spiro atoms. The number of aromatic hydroxyl groups is 1. The maximum atomic E-state index is 14.0. The Bertz CT molecular complexity index is 3030. The number of allylic oxidation sites excluding steroid dienone is 1. The maximum Gasteiger partial charge on any atom is 0.278 e. The summed E-state index contributed by atoms with van der Waals surface area (Å²) < 4.78 is 8.86. The second-order valence-corrected chi connectivity index (χ2v) is 21.1. The van der Waals surface area contributed by atoms with Crippen molar-refractivity contribution < 1.29 is 34.4 Å². The number of pyridine rings is 1. The number of hydrogen-bond donors (Lipinski definition) is 7. The number of aliphatic hydroxyl groups is 2. The van der Waals surface area contributed by atoms with Crippen molar-refractivity contribution in [2.45, 2.75) is 104 Å². The van der Waals surface area contributed by atoms with E-state index in [9.17, 15) is 34.5 Å². The number of β-amino-alcohol motifs (C(OH)–C–C–N with tert-alkyl or cyclic N) is 1. The van der Waals surface area contributed by atoms with E-state index in [0.29, 0.717) is 40.7 Å². The van der Waals surface area contributed by atoms with Crippen LogP contribution >= 0.6 is 0 Å². The number of anilines is 3. The summed E-state index contributed by atoms with van der Waals surface area (Å²) >= 11 is 0. The summed E-state index contributed by atoms with van der Waals surface area (Å²) in [5, 5.41) is 47.9. The molecule has 6 aromatic rings. The highest BCUT2D eigenvalue weighted by Gasteiger charge is 2.44. The van der Waals surface area contributed by atoms with E-state index in [1.807, 2.05) is 32.9 Å². The number of aliphatic hydroxyl groups excluding tert-OH is 1. The molecule has 2 fully saturated rings. The summed E-state index contributed by atoms with van der Waals surface area (Å²) in [6, 6.07) is 18.3. The number of aromatic amines is 1. The van der Waals surface area contributed by atoms with Crippen molar-refractivity contribution in [2.24, 2.45) is 5.41 Å². The van der Waals surface area contributed by atoms with E-state index in [-0.39, 0.29) is 44.0 Å². The third-order valence-corrected chi connectivity index (χ3v) is 13.8. The summed E-state index contributed by atoms with van der Waals surface area (Å²) in [5.74, 6) is -0.627. The van der Waals surface area contributed by atoms with E-state index >= 15 is 0 Å². The number of benzene rings is 2. The number of phenolic OH excluding ortho intramolecular Hbond substituents is 1. The molecule has 0 radical (unpaired) electrons. The zero-order valence-electron chi connectivity index (χ0n) is 44.0. The Morgan fingerprint density at radius 1 is 0.961 bits per heavy atom. The van der Waals surface area contributed by atoms with E-state index < -0.39 is 46.9 Å². The fraction of sp³-hybridized carbons (Fsp3) is 0.455. The fourth-order valence-corrected chi connectivity index (χ4v) is 9.58. The summed E-state index contributed by atoms with van der Waals surface area (Å²) in [6.07, 6.45) is 7.72. The van der Waals surface area contributed by atoms with Crippen molar-refractivity contribution in [1.82, 2.24) is 54.9 Å². The van der Waals surface area contributed by atoms with Gasteiger partial charge in [-0.05, 0) is 87.2 Å². The van der Waals surface area contributed by atoms with Crippen LogP contribution in [0.5, 0.6) is 5.75 Å². The van der Waals surface area contributed by atoms with Crippen molar-refractivity contribution in [1.29, 1.82) is 0 Å². The number of phenols is 1. The second kappa shape index (κ2) is 24.0. The number of nitrogens with zero attached hydrogens (tertiary/aromatic N) is 9. The number of amides is 3. The van der Waals surface area contributed by atoms with Gasteiger partial charge in [0.05, 0.1) is 24.0 Å². The number of nitrogens with one attached hydrogen (secondary N) is 4. The van der Waals surface area contributed by atoms with Gasteiger partial charge < -0.3 is 45.8 Å². The summed E-state index contributed by atoms with van der Waals surface area (Å²) in [5.41, 5.74) is 2.52. The van der Waals surface area contributed by atoms with Gasteiger partial charge in [0.2, 0.25) is 23.7 Å². The molecule has 2 aliphatic heterocycles. The number of fused-ring (bicyclic) bond motifs is 1. The third kappa shape index (κ3) is 13.3. The Labute approximate surface area is 442 Å². The van der Waals surface area contributed by atoms with Gasteiger partial charge in [-0.2, -0.15) is 10.1 Å². The number of carbonyl (C=O) groups excluding carboxylic acids is 3. The van der Waals surface area contributed by atoms with E-state index in [0.717, 1.165) is 81.0 Å². The molecule has 8 rings (SSSR count). The molecule has 3 atom stereocenters. The van der Waals surface area contributed by atoms with Crippen LogP contribution in [0.3, 0.4) is 0 Å². The molecule has 2 aliphatic rings. The molecule has 21 nitrogen and oxygen atoms in total. The minimum Gasteiger partial charge on any atom is -0.508 e. The van der Waals surface area contributed by atoms with Gasteiger partial charge in [0, 0.05) is 87.2 Å². The molecule has 6 heterocycles. The van der Waals surface area contributed by atoms with Crippen LogP contribution in [0.25, 0.3) is 28.1 Å². The molecule has 0 bridgehead atoms. The predicted octanol–water partition coefficient (Wildman–Crippen LogP) is 4.74. The average Bonchev–Trinajstić information content (AvgIpc) is 4.15. The van der Waals surface area contributed by atoms with Crippen LogP contribution in [-0.4, -0.2) is 148 Å². The molecule has 404 valence electrons. The number of hydrogen-bond acceptors (Lipinski definition) is 15. The lowest BCUT2D eigenvalue weighted by Crippen LogP contribution is -2.58. The SMILES string of the molecule is C=CCn1c(=O)c2cnc(Nc3ccc(N4CCN(CCCCCCOCC(=O)N[C@H](C(=O)N5C[C@H](O)C[C@H]5C(=O)NCc5ccc(-c6ccn[nH]6)cc5O)C(C)(C)C)CC4)cc3)nc2n1-c1cccc(C(C)(C)O)n1. The molecule has 7 N–H and O–H groups in total. The standard InChI is InChI=1S/C55H71N13O8/c1-7-23-67-51(73)41-33-57-53(62-49(41)68(67)46-14-12-13-45(60-46)55(5,6)75)59-38-17-19-39(20-18-38)65-27-25-64(26-28-65)24-10-8-9-11-29-76-35-47(71)61-48(54(2,3)4)52(74)66-34-40(69)31-43(66)50(72)56-32-37-16-15-36(30-44(37)70)42-21-22-58-63-42/h7,12-22,30,33,40,43,48,69-70,75H,1,8-11,23-29,31-32,34-35H2,2-6H3,(H,56,72)(H,58,63)(H,61,71)(H,57,59,62)/t40-,43+,48-/m1/s1. The molecule has 0 saturated carbocycles. The number of ether oxygens (including phenoxy) is 1. The van der Waals surface area contributed by atoms with Gasteiger partial charge in [0.15, 0.2) is 11.5 Å². The predicted molar refractivity (Wildman–Crippen MR) is 289 cm³/mol. The Kier molecular flexibility index (Phi) is 17.3. The molecule has 76 heavy (non-hydrogen) atoms. The van der Waals surface area contributed by atoms with E-state index in [2.05, 4.69) is 64.6 Å². The van der Waals surface area contributed by atoms with Gasteiger partial charge >= 0.3 is 0 Å². The molecule has 0 aliphatic carbocycles. The molecule has 3 amide bonds. The van der Waals surface area contributed by atoms with Crippen molar-refractivity contribution in [2.75, 3.05) is 62.7 Å². The van der Waals surface area contributed by atoms with Gasteiger partial charge in [-0.3, -0.25) is 29.2 Å². The van der Waals surface area contributed by atoms with Gasteiger partial charge in [-0.15, -0.1) is 6.58 Å². The monoisotopic (exact) mass is 1040 g/mol. The summed E-state index contributed by atoms with van der Waals surface area (Å²) in [7, 11) is 0. The largest absolute Gasteiger partial charge is 0.508 e. The van der Waals surface area contributed by atoms with Crippen molar-refractivity contribution >= 4 is 46.1 Å². The van der Waals surface area contributed by atoms with Crippen LogP contribution in [0.15, 0.2) is 96.6 Å². The number of aromatic nitrogens is 7. The number of piperazine rings is 1. The minimum atomic E-state index is -1.19. The Morgan fingerprint density at radius 3 is 2.42 bits per heavy atom. The molecule has 2 aromatic carbocycles. The normalized spacial score (nSPS) is 16.7.